The van der Waals surface area contributed by atoms with Gasteiger partial charge in [0.05, 0.1) is 12.3 Å². The van der Waals surface area contributed by atoms with Crippen molar-refractivity contribution in [3.63, 3.8) is 0 Å². The summed E-state index contributed by atoms with van der Waals surface area (Å²) in [7, 11) is 0. The number of benzene rings is 2. The van der Waals surface area contributed by atoms with Gasteiger partial charge in [0.1, 0.15) is 18.1 Å². The number of ether oxygens (including phenoxy) is 1. The van der Waals surface area contributed by atoms with Crippen molar-refractivity contribution in [2.45, 2.75) is 20.0 Å². The van der Waals surface area contributed by atoms with Gasteiger partial charge in [0.25, 0.3) is 0 Å². The third-order valence-corrected chi connectivity index (χ3v) is 4.33. The van der Waals surface area contributed by atoms with E-state index in [4.69, 9.17) is 16.3 Å². The number of esters is 1. The van der Waals surface area contributed by atoms with Gasteiger partial charge in [0.2, 0.25) is 5.91 Å². The van der Waals surface area contributed by atoms with Gasteiger partial charge >= 0.3 is 5.97 Å². The molecule has 150 valence electrons. The number of nitrogens with zero attached hydrogens (tertiary/aromatic N) is 2. The van der Waals surface area contributed by atoms with Crippen LogP contribution < -0.4 is 5.32 Å². The molecule has 0 aliphatic rings. The molecule has 3 rings (SSSR count). The fourth-order valence-corrected chi connectivity index (χ4v) is 2.83. The highest BCUT2D eigenvalue weighted by Crippen LogP contribution is 2.22. The summed E-state index contributed by atoms with van der Waals surface area (Å²) in [6.07, 6.45) is 0. The molecule has 0 unspecified atom stereocenters. The van der Waals surface area contributed by atoms with Crippen molar-refractivity contribution in [3.05, 3.63) is 76.7 Å². The lowest BCUT2D eigenvalue weighted by Crippen LogP contribution is -2.29. The summed E-state index contributed by atoms with van der Waals surface area (Å²) in [4.78, 5) is 24.6. The standard InChI is InChI=1S/C21H19ClFN3O3/c1-2-29-21(28)19-11-18(15-6-8-16(22)9-7-15)25-26(19)13-20(27)24-12-14-4-3-5-17(23)10-14/h3-11H,2,12-13H2,1H3,(H,24,27). The van der Waals surface area contributed by atoms with E-state index in [2.05, 4.69) is 10.4 Å². The molecule has 8 heteroatoms. The highest BCUT2D eigenvalue weighted by atomic mass is 35.5. The molecule has 0 saturated carbocycles. The van der Waals surface area contributed by atoms with Gasteiger partial charge < -0.3 is 10.1 Å². The Morgan fingerprint density at radius 1 is 1.17 bits per heavy atom. The molecule has 1 aromatic heterocycles. The Bertz CT molecular complexity index is 1020. The number of nitrogens with one attached hydrogen (secondary N) is 1. The molecule has 0 saturated heterocycles. The minimum atomic E-state index is -0.571. The average molecular weight is 416 g/mol. The van der Waals surface area contributed by atoms with Crippen LogP contribution in [0.3, 0.4) is 0 Å². The monoisotopic (exact) mass is 415 g/mol. The van der Waals surface area contributed by atoms with Gasteiger partial charge in [-0.3, -0.25) is 4.79 Å². The summed E-state index contributed by atoms with van der Waals surface area (Å²) in [5.41, 5.74) is 2.06. The zero-order valence-electron chi connectivity index (χ0n) is 15.7. The van der Waals surface area contributed by atoms with E-state index in [0.29, 0.717) is 16.3 Å². The molecule has 1 heterocycles. The number of hydrogen-bond donors (Lipinski definition) is 1. The highest BCUT2D eigenvalue weighted by molar-refractivity contribution is 6.30. The third-order valence-electron chi connectivity index (χ3n) is 4.08. The summed E-state index contributed by atoms with van der Waals surface area (Å²) in [6.45, 7) is 1.88. The first-order chi connectivity index (χ1) is 14.0. The Hall–Kier alpha value is -3.19. The number of halogens is 2. The Kier molecular flexibility index (Phi) is 6.61. The molecule has 0 fully saturated rings. The zero-order valence-corrected chi connectivity index (χ0v) is 16.4. The summed E-state index contributed by atoms with van der Waals surface area (Å²) in [6, 6.07) is 14.5. The van der Waals surface area contributed by atoms with Gasteiger partial charge in [-0.2, -0.15) is 5.10 Å². The van der Waals surface area contributed by atoms with Crippen molar-refractivity contribution in [2.24, 2.45) is 0 Å². The Morgan fingerprint density at radius 2 is 1.93 bits per heavy atom. The lowest BCUT2D eigenvalue weighted by molar-refractivity contribution is -0.122. The van der Waals surface area contributed by atoms with Crippen LogP contribution in [0.25, 0.3) is 11.3 Å². The average Bonchev–Trinajstić information content (AvgIpc) is 3.11. The molecule has 0 spiro atoms. The van der Waals surface area contributed by atoms with E-state index in [9.17, 15) is 14.0 Å². The van der Waals surface area contributed by atoms with Crippen molar-refractivity contribution in [3.8, 4) is 11.3 Å². The topological polar surface area (TPSA) is 73.2 Å². The van der Waals surface area contributed by atoms with E-state index in [-0.39, 0.29) is 37.1 Å². The second-order valence-corrected chi connectivity index (χ2v) is 6.64. The third kappa shape index (κ3) is 5.42. The molecule has 0 radical (unpaired) electrons. The molecule has 1 amide bonds. The number of amides is 1. The van der Waals surface area contributed by atoms with Crippen LogP contribution in [0.5, 0.6) is 0 Å². The molecule has 3 aromatic rings. The smallest absolute Gasteiger partial charge is 0.356 e. The van der Waals surface area contributed by atoms with E-state index in [1.54, 1.807) is 49.4 Å². The Balaban J connectivity index is 1.77. The summed E-state index contributed by atoms with van der Waals surface area (Å²) in [5.74, 6) is -1.32. The first kappa shape index (κ1) is 20.5. The normalized spacial score (nSPS) is 10.6. The maximum absolute atomic E-state index is 13.3. The first-order valence-corrected chi connectivity index (χ1v) is 9.36. The van der Waals surface area contributed by atoms with E-state index in [0.717, 1.165) is 5.56 Å². The van der Waals surface area contributed by atoms with Crippen LogP contribution >= 0.6 is 11.6 Å². The fourth-order valence-electron chi connectivity index (χ4n) is 2.71. The quantitative estimate of drug-likeness (QED) is 0.595. The summed E-state index contributed by atoms with van der Waals surface area (Å²) >= 11 is 5.92. The van der Waals surface area contributed by atoms with Crippen LogP contribution in [-0.4, -0.2) is 28.3 Å². The molecule has 1 N–H and O–H groups in total. The van der Waals surface area contributed by atoms with Gasteiger partial charge in [-0.05, 0) is 42.8 Å². The molecule has 6 nitrogen and oxygen atoms in total. The number of rotatable bonds is 7. The summed E-state index contributed by atoms with van der Waals surface area (Å²) in [5, 5.41) is 7.65. The van der Waals surface area contributed by atoms with Gasteiger partial charge in [-0.15, -0.1) is 0 Å². The first-order valence-electron chi connectivity index (χ1n) is 8.98. The minimum absolute atomic E-state index is 0.163. The molecule has 0 aliphatic carbocycles. The van der Waals surface area contributed by atoms with Gasteiger partial charge in [-0.1, -0.05) is 35.9 Å². The number of aromatic nitrogens is 2. The van der Waals surface area contributed by atoms with E-state index >= 15 is 0 Å². The van der Waals surface area contributed by atoms with Crippen molar-refractivity contribution in [1.29, 1.82) is 0 Å². The van der Waals surface area contributed by atoms with Gasteiger partial charge in [0, 0.05) is 17.1 Å². The predicted molar refractivity (Wildman–Crippen MR) is 107 cm³/mol. The van der Waals surface area contributed by atoms with Gasteiger partial charge in [-0.25, -0.2) is 13.9 Å². The SMILES string of the molecule is CCOC(=O)c1cc(-c2ccc(Cl)cc2)nn1CC(=O)NCc1cccc(F)c1. The van der Waals surface area contributed by atoms with Crippen LogP contribution in [0.15, 0.2) is 54.6 Å². The zero-order chi connectivity index (χ0) is 20.8. The molecule has 0 bridgehead atoms. The molecule has 2 aromatic carbocycles. The maximum Gasteiger partial charge on any atom is 0.356 e. The van der Waals surface area contributed by atoms with E-state index in [1.165, 1.54) is 16.8 Å². The second-order valence-electron chi connectivity index (χ2n) is 6.21. The van der Waals surface area contributed by atoms with Crippen LogP contribution in [-0.2, 0) is 22.6 Å². The predicted octanol–water partition coefficient (Wildman–Crippen LogP) is 3.84. The number of carbonyl (C=O) groups is 2. The second kappa shape index (κ2) is 9.34. The highest BCUT2D eigenvalue weighted by Gasteiger charge is 2.19. The van der Waals surface area contributed by atoms with E-state index in [1.807, 2.05) is 0 Å². The number of hydrogen-bond acceptors (Lipinski definition) is 4. The maximum atomic E-state index is 13.3. The van der Waals surface area contributed by atoms with Gasteiger partial charge in [0.15, 0.2) is 0 Å². The molecule has 0 aliphatic heterocycles. The lowest BCUT2D eigenvalue weighted by Gasteiger charge is -2.08. The molecular weight excluding hydrogens is 397 g/mol. The largest absolute Gasteiger partial charge is 0.461 e. The molecule has 0 atom stereocenters. The van der Waals surface area contributed by atoms with Crippen LogP contribution in [0.1, 0.15) is 23.0 Å². The molecule has 29 heavy (non-hydrogen) atoms. The molecular formula is C21H19ClFN3O3. The number of carbonyl (C=O) groups excluding carboxylic acids is 2. The van der Waals surface area contributed by atoms with Crippen molar-refractivity contribution in [1.82, 2.24) is 15.1 Å². The van der Waals surface area contributed by atoms with E-state index < -0.39 is 5.97 Å². The minimum Gasteiger partial charge on any atom is -0.461 e. The Morgan fingerprint density at radius 3 is 2.62 bits per heavy atom. The van der Waals surface area contributed by atoms with Crippen molar-refractivity contribution < 1.29 is 18.7 Å². The lowest BCUT2D eigenvalue weighted by atomic mass is 10.1. The fraction of sp³-hybridized carbons (Fsp3) is 0.190. The van der Waals surface area contributed by atoms with Crippen molar-refractivity contribution >= 4 is 23.5 Å². The van der Waals surface area contributed by atoms with Crippen LogP contribution in [0.4, 0.5) is 4.39 Å². The summed E-state index contributed by atoms with van der Waals surface area (Å²) < 4.78 is 19.6. The van der Waals surface area contributed by atoms with Crippen LogP contribution in [0.2, 0.25) is 5.02 Å². The Labute approximate surface area is 172 Å². The van der Waals surface area contributed by atoms with Crippen LogP contribution in [0, 0.1) is 5.82 Å². The van der Waals surface area contributed by atoms with Crippen molar-refractivity contribution in [2.75, 3.05) is 6.61 Å².